The van der Waals surface area contributed by atoms with Crippen molar-refractivity contribution in [1.29, 1.82) is 0 Å². The van der Waals surface area contributed by atoms with E-state index in [0.29, 0.717) is 31.3 Å². The molecule has 3 rings (SSSR count). The maximum Gasteiger partial charge on any atom is 0.0885 e. The summed E-state index contributed by atoms with van der Waals surface area (Å²) in [6, 6.07) is 2.34. The molecule has 110 valence electrons. The largest absolute Gasteiger partial charge is 0.380 e. The summed E-state index contributed by atoms with van der Waals surface area (Å²) in [5.74, 6) is 0.480. The lowest BCUT2D eigenvalue weighted by Crippen LogP contribution is -2.18. The second-order valence-electron chi connectivity index (χ2n) is 6.21. The molecule has 3 nitrogen and oxygen atoms in total. The molecular formula is C17H24O3. The van der Waals surface area contributed by atoms with Gasteiger partial charge in [-0.1, -0.05) is 19.9 Å². The van der Waals surface area contributed by atoms with Crippen LogP contribution in [0.1, 0.15) is 47.6 Å². The Bertz CT molecular complexity index is 507. The Kier molecular flexibility index (Phi) is 3.85. The van der Waals surface area contributed by atoms with Gasteiger partial charge in [0.2, 0.25) is 0 Å². The number of ether oxygens (including phenoxy) is 3. The average molecular weight is 276 g/mol. The van der Waals surface area contributed by atoms with E-state index in [4.69, 9.17) is 14.2 Å². The zero-order chi connectivity index (χ0) is 14.3. The molecule has 1 fully saturated rings. The van der Waals surface area contributed by atoms with Crippen LogP contribution in [0, 0.1) is 0 Å². The van der Waals surface area contributed by atoms with Crippen LogP contribution in [0.15, 0.2) is 6.07 Å². The van der Waals surface area contributed by atoms with E-state index >= 15 is 0 Å². The van der Waals surface area contributed by atoms with Crippen LogP contribution in [0.5, 0.6) is 0 Å². The van der Waals surface area contributed by atoms with E-state index in [0.717, 1.165) is 12.8 Å². The van der Waals surface area contributed by atoms with Gasteiger partial charge in [0.05, 0.1) is 25.4 Å². The van der Waals surface area contributed by atoms with Crippen molar-refractivity contribution in [3.8, 4) is 0 Å². The Morgan fingerprint density at radius 2 is 1.85 bits per heavy atom. The van der Waals surface area contributed by atoms with E-state index in [2.05, 4.69) is 19.9 Å². The van der Waals surface area contributed by atoms with Gasteiger partial charge >= 0.3 is 0 Å². The Labute approximate surface area is 121 Å². The summed E-state index contributed by atoms with van der Waals surface area (Å²) in [5, 5.41) is 0. The monoisotopic (exact) mass is 276 g/mol. The maximum absolute atomic E-state index is 5.72. The third-order valence-electron chi connectivity index (χ3n) is 4.45. The number of epoxide rings is 1. The molecule has 3 heteroatoms. The molecule has 0 bridgehead atoms. The second-order valence-corrected chi connectivity index (χ2v) is 6.21. The Balaban J connectivity index is 2.12. The predicted octanol–water partition coefficient (Wildman–Crippen LogP) is 2.97. The molecule has 0 saturated carbocycles. The number of benzene rings is 1. The van der Waals surface area contributed by atoms with E-state index in [1.807, 2.05) is 0 Å². The van der Waals surface area contributed by atoms with Crippen molar-refractivity contribution >= 4 is 0 Å². The molecule has 0 spiro atoms. The average Bonchev–Trinajstić information content (AvgIpc) is 3.14. The zero-order valence-corrected chi connectivity index (χ0v) is 12.9. The van der Waals surface area contributed by atoms with Crippen LogP contribution in [0.3, 0.4) is 0 Å². The van der Waals surface area contributed by atoms with Crippen LogP contribution in [0.2, 0.25) is 0 Å². The second kappa shape index (κ2) is 5.47. The Hall–Kier alpha value is -0.900. The number of fused-ring (bicyclic) bond motifs is 2. The Morgan fingerprint density at radius 3 is 2.50 bits per heavy atom. The molecule has 0 amide bonds. The van der Waals surface area contributed by atoms with E-state index < -0.39 is 0 Å². The van der Waals surface area contributed by atoms with Crippen molar-refractivity contribution in [2.75, 3.05) is 14.2 Å². The highest BCUT2D eigenvalue weighted by Crippen LogP contribution is 2.41. The van der Waals surface area contributed by atoms with E-state index in [9.17, 15) is 0 Å². The molecule has 1 heterocycles. The van der Waals surface area contributed by atoms with Gasteiger partial charge in [-0.15, -0.1) is 0 Å². The van der Waals surface area contributed by atoms with Crippen LogP contribution >= 0.6 is 0 Å². The lowest BCUT2D eigenvalue weighted by molar-refractivity contribution is 0.177. The zero-order valence-electron chi connectivity index (χ0n) is 12.9. The molecule has 1 aliphatic heterocycles. The van der Waals surface area contributed by atoms with Crippen LogP contribution in [-0.2, 0) is 40.3 Å². The van der Waals surface area contributed by atoms with Crippen LogP contribution in [-0.4, -0.2) is 26.4 Å². The van der Waals surface area contributed by atoms with Gasteiger partial charge in [0.1, 0.15) is 0 Å². The predicted molar refractivity (Wildman–Crippen MR) is 78.0 cm³/mol. The first-order valence-corrected chi connectivity index (χ1v) is 7.45. The summed E-state index contributed by atoms with van der Waals surface area (Å²) in [5.41, 5.74) is 7.00. The minimum atomic E-state index is 0.450. The number of hydrogen-bond acceptors (Lipinski definition) is 3. The van der Waals surface area contributed by atoms with Crippen molar-refractivity contribution in [3.63, 3.8) is 0 Å². The highest BCUT2D eigenvalue weighted by atomic mass is 16.6. The number of methoxy groups -OCH3 is 2. The minimum Gasteiger partial charge on any atom is -0.380 e. The number of hydrogen-bond donors (Lipinski definition) is 0. The molecule has 0 N–H and O–H groups in total. The number of rotatable bonds is 5. The topological polar surface area (TPSA) is 31.0 Å². The molecule has 1 saturated heterocycles. The van der Waals surface area contributed by atoms with Crippen molar-refractivity contribution in [3.05, 3.63) is 33.9 Å². The van der Waals surface area contributed by atoms with Gasteiger partial charge in [-0.3, -0.25) is 0 Å². The quantitative estimate of drug-likeness (QED) is 0.775. The molecule has 2 unspecified atom stereocenters. The van der Waals surface area contributed by atoms with E-state index in [-0.39, 0.29) is 0 Å². The fourth-order valence-corrected chi connectivity index (χ4v) is 3.62. The molecule has 2 aliphatic rings. The first-order valence-electron chi connectivity index (χ1n) is 7.45. The third kappa shape index (κ3) is 2.39. The molecule has 1 aromatic carbocycles. The molecule has 2 atom stereocenters. The summed E-state index contributed by atoms with van der Waals surface area (Å²) < 4.78 is 16.6. The minimum absolute atomic E-state index is 0.450. The van der Waals surface area contributed by atoms with Gasteiger partial charge < -0.3 is 14.2 Å². The molecule has 0 aromatic heterocycles. The lowest BCUT2D eigenvalue weighted by atomic mass is 9.81. The van der Waals surface area contributed by atoms with E-state index in [1.54, 1.807) is 14.2 Å². The molecule has 0 radical (unpaired) electrons. The first kappa shape index (κ1) is 14.1. The smallest absolute Gasteiger partial charge is 0.0885 e. The Morgan fingerprint density at radius 1 is 1.15 bits per heavy atom. The van der Waals surface area contributed by atoms with Gasteiger partial charge in [0, 0.05) is 27.1 Å². The first-order chi connectivity index (χ1) is 9.65. The van der Waals surface area contributed by atoms with Gasteiger partial charge in [0.15, 0.2) is 0 Å². The van der Waals surface area contributed by atoms with Gasteiger partial charge in [-0.25, -0.2) is 0 Å². The van der Waals surface area contributed by atoms with Crippen LogP contribution in [0.4, 0.5) is 0 Å². The van der Waals surface area contributed by atoms with Gasteiger partial charge in [-0.05, 0) is 33.7 Å². The van der Waals surface area contributed by atoms with E-state index in [1.165, 1.54) is 27.8 Å². The fraction of sp³-hybridized carbons (Fsp3) is 0.647. The highest BCUT2D eigenvalue weighted by Gasteiger charge is 2.43. The van der Waals surface area contributed by atoms with Crippen LogP contribution in [0.25, 0.3) is 0 Å². The molecule has 20 heavy (non-hydrogen) atoms. The normalized spacial score (nSPS) is 23.6. The van der Waals surface area contributed by atoms with Crippen LogP contribution < -0.4 is 0 Å². The van der Waals surface area contributed by atoms with Crippen molar-refractivity contribution in [2.45, 2.75) is 58.0 Å². The summed E-state index contributed by atoms with van der Waals surface area (Å²) in [6.07, 6.45) is 3.00. The summed E-state index contributed by atoms with van der Waals surface area (Å²) in [4.78, 5) is 0. The summed E-state index contributed by atoms with van der Waals surface area (Å²) >= 11 is 0. The summed E-state index contributed by atoms with van der Waals surface area (Å²) in [7, 11) is 3.54. The fourth-order valence-electron chi connectivity index (χ4n) is 3.62. The molecular weight excluding hydrogens is 252 g/mol. The van der Waals surface area contributed by atoms with Crippen molar-refractivity contribution < 1.29 is 14.2 Å². The highest BCUT2D eigenvalue weighted by molar-refractivity contribution is 5.50. The standard InChI is InChI=1S/C17H24O3/c1-10(2)17-12(8-18-3)5-11-6-15-16(20-15)7-13(11)14(17)9-19-4/h5,10,15-16H,6-9H2,1-4H3. The lowest BCUT2D eigenvalue weighted by Gasteiger charge is -2.25. The van der Waals surface area contributed by atoms with Crippen molar-refractivity contribution in [1.82, 2.24) is 0 Å². The summed E-state index contributed by atoms with van der Waals surface area (Å²) in [6.45, 7) is 5.86. The maximum atomic E-state index is 5.72. The van der Waals surface area contributed by atoms with Gasteiger partial charge in [0.25, 0.3) is 0 Å². The van der Waals surface area contributed by atoms with Crippen molar-refractivity contribution in [2.24, 2.45) is 0 Å². The molecule has 1 aromatic rings. The SMILES string of the molecule is COCc1cc2c(c(COC)c1C(C)C)CC1OC1C2. The third-order valence-corrected chi connectivity index (χ3v) is 4.45. The molecule has 1 aliphatic carbocycles. The van der Waals surface area contributed by atoms with Gasteiger partial charge in [-0.2, -0.15) is 0 Å².